The van der Waals surface area contributed by atoms with Crippen molar-refractivity contribution in [2.75, 3.05) is 7.11 Å². The molecule has 0 spiro atoms. The molecular formula is C24H23NO3. The van der Waals surface area contributed by atoms with Crippen molar-refractivity contribution in [3.8, 4) is 0 Å². The quantitative estimate of drug-likeness (QED) is 0.456. The summed E-state index contributed by atoms with van der Waals surface area (Å²) in [4.78, 5) is 28.9. The first-order chi connectivity index (χ1) is 13.5. The van der Waals surface area contributed by atoms with Gasteiger partial charge in [-0.2, -0.15) is 0 Å². The second-order valence-electron chi connectivity index (χ2n) is 6.84. The fraction of sp³-hybridized carbons (Fsp3) is 0.208. The highest BCUT2D eigenvalue weighted by atomic mass is 16.5. The minimum atomic E-state index is -0.373. The number of rotatable bonds is 6. The monoisotopic (exact) mass is 373 g/mol. The van der Waals surface area contributed by atoms with E-state index >= 15 is 0 Å². The van der Waals surface area contributed by atoms with E-state index in [1.54, 1.807) is 24.4 Å². The fourth-order valence-electron chi connectivity index (χ4n) is 3.38. The van der Waals surface area contributed by atoms with Crippen molar-refractivity contribution in [2.45, 2.75) is 26.2 Å². The van der Waals surface area contributed by atoms with Crippen LogP contribution < -0.4 is 0 Å². The van der Waals surface area contributed by atoms with Gasteiger partial charge in [0, 0.05) is 29.8 Å². The molecule has 4 nitrogen and oxygen atoms in total. The van der Waals surface area contributed by atoms with Gasteiger partial charge in [0.25, 0.3) is 0 Å². The van der Waals surface area contributed by atoms with E-state index in [-0.39, 0.29) is 17.7 Å². The Morgan fingerprint density at radius 3 is 2.32 bits per heavy atom. The number of esters is 1. The van der Waals surface area contributed by atoms with Crippen LogP contribution >= 0.6 is 0 Å². The van der Waals surface area contributed by atoms with Crippen LogP contribution in [-0.2, 0) is 4.74 Å². The van der Waals surface area contributed by atoms with Crippen molar-refractivity contribution < 1.29 is 14.3 Å². The first kappa shape index (κ1) is 19.5. The van der Waals surface area contributed by atoms with Gasteiger partial charge in [0.1, 0.15) is 0 Å². The molecule has 0 fully saturated rings. The lowest BCUT2D eigenvalue weighted by Crippen LogP contribution is -2.11. The summed E-state index contributed by atoms with van der Waals surface area (Å²) >= 11 is 0. The van der Waals surface area contributed by atoms with E-state index in [0.717, 1.165) is 22.4 Å². The van der Waals surface area contributed by atoms with Crippen LogP contribution in [0.15, 0.2) is 66.9 Å². The number of carbonyl (C=O) groups is 2. The summed E-state index contributed by atoms with van der Waals surface area (Å²) < 4.78 is 4.77. The molecule has 1 atom stereocenters. The van der Waals surface area contributed by atoms with Crippen molar-refractivity contribution >= 4 is 11.8 Å². The number of nitrogens with zero attached hydrogens (tertiary/aromatic N) is 1. The molecule has 0 amide bonds. The molecular weight excluding hydrogens is 350 g/mol. The van der Waals surface area contributed by atoms with Gasteiger partial charge in [0.05, 0.1) is 12.7 Å². The number of aryl methyl sites for hydroxylation is 2. The van der Waals surface area contributed by atoms with Crippen LogP contribution in [0.1, 0.15) is 55.4 Å². The van der Waals surface area contributed by atoms with Crippen molar-refractivity contribution in [2.24, 2.45) is 0 Å². The molecule has 3 aromatic rings. The van der Waals surface area contributed by atoms with Crippen LogP contribution in [0.3, 0.4) is 0 Å². The Morgan fingerprint density at radius 2 is 1.68 bits per heavy atom. The lowest BCUT2D eigenvalue weighted by molar-refractivity contribution is 0.0600. The molecule has 0 radical (unpaired) electrons. The molecule has 0 aliphatic rings. The summed E-state index contributed by atoms with van der Waals surface area (Å²) in [6, 6.07) is 18.9. The van der Waals surface area contributed by atoms with Crippen molar-refractivity contribution in [3.05, 3.63) is 100 Å². The molecule has 28 heavy (non-hydrogen) atoms. The first-order valence-corrected chi connectivity index (χ1v) is 9.19. The number of carbonyl (C=O) groups excluding carboxylic acids is 2. The maximum atomic E-state index is 13.0. The van der Waals surface area contributed by atoms with Gasteiger partial charge in [-0.1, -0.05) is 36.4 Å². The standard InChI is InChI=1S/C24H23NO3/c1-16-6-4-5-7-21(16)22(15-23(26)20-12-13-25-17(2)14-20)18-8-10-19(11-9-18)24(27)28-3/h4-14,22H,15H2,1-3H3. The highest BCUT2D eigenvalue weighted by Crippen LogP contribution is 2.32. The van der Waals surface area contributed by atoms with E-state index in [4.69, 9.17) is 4.74 Å². The number of hydrogen-bond acceptors (Lipinski definition) is 4. The van der Waals surface area contributed by atoms with Crippen LogP contribution in [-0.4, -0.2) is 23.8 Å². The zero-order valence-electron chi connectivity index (χ0n) is 16.3. The van der Waals surface area contributed by atoms with Gasteiger partial charge in [-0.15, -0.1) is 0 Å². The zero-order valence-corrected chi connectivity index (χ0v) is 16.3. The largest absolute Gasteiger partial charge is 0.465 e. The van der Waals surface area contributed by atoms with E-state index in [1.807, 2.05) is 50.2 Å². The second-order valence-corrected chi connectivity index (χ2v) is 6.84. The predicted octanol–water partition coefficient (Wildman–Crippen LogP) is 4.89. The summed E-state index contributed by atoms with van der Waals surface area (Å²) in [5.74, 6) is -0.410. The molecule has 0 saturated carbocycles. The molecule has 2 aromatic carbocycles. The third kappa shape index (κ3) is 4.34. The van der Waals surface area contributed by atoms with Gasteiger partial charge < -0.3 is 4.74 Å². The zero-order chi connectivity index (χ0) is 20.1. The van der Waals surface area contributed by atoms with E-state index < -0.39 is 0 Å². The molecule has 142 valence electrons. The summed E-state index contributed by atoms with van der Waals surface area (Å²) in [5.41, 5.74) is 5.20. The number of aromatic nitrogens is 1. The second kappa shape index (κ2) is 8.61. The molecule has 0 aliphatic heterocycles. The highest BCUT2D eigenvalue weighted by molar-refractivity contribution is 5.97. The molecule has 0 bridgehead atoms. The molecule has 0 N–H and O–H groups in total. The van der Waals surface area contributed by atoms with Crippen LogP contribution in [0.4, 0.5) is 0 Å². The Labute approximate surface area is 165 Å². The third-order valence-corrected chi connectivity index (χ3v) is 4.91. The topological polar surface area (TPSA) is 56.3 Å². The smallest absolute Gasteiger partial charge is 0.337 e. The van der Waals surface area contributed by atoms with Gasteiger partial charge in [0.15, 0.2) is 5.78 Å². The number of Topliss-reactive ketones (excluding diaryl/α,β-unsaturated/α-hetero) is 1. The molecule has 4 heteroatoms. The van der Waals surface area contributed by atoms with E-state index in [9.17, 15) is 9.59 Å². The third-order valence-electron chi connectivity index (χ3n) is 4.91. The molecule has 3 rings (SSSR count). The number of methoxy groups -OCH3 is 1. The lowest BCUT2D eigenvalue weighted by atomic mass is 9.83. The van der Waals surface area contributed by atoms with Crippen LogP contribution in [0.25, 0.3) is 0 Å². The van der Waals surface area contributed by atoms with E-state index in [0.29, 0.717) is 17.5 Å². The minimum absolute atomic E-state index is 0.0656. The van der Waals surface area contributed by atoms with Crippen LogP contribution in [0, 0.1) is 13.8 Å². The molecule has 1 unspecified atom stereocenters. The minimum Gasteiger partial charge on any atom is -0.465 e. The summed E-state index contributed by atoms with van der Waals surface area (Å²) in [5, 5.41) is 0. The Balaban J connectivity index is 1.97. The average Bonchev–Trinajstić information content (AvgIpc) is 2.72. The predicted molar refractivity (Wildman–Crippen MR) is 109 cm³/mol. The molecule has 1 heterocycles. The SMILES string of the molecule is COC(=O)c1ccc(C(CC(=O)c2ccnc(C)c2)c2ccccc2C)cc1. The number of hydrogen-bond donors (Lipinski definition) is 0. The average molecular weight is 373 g/mol. The van der Waals surface area contributed by atoms with E-state index in [2.05, 4.69) is 11.1 Å². The maximum Gasteiger partial charge on any atom is 0.337 e. The summed E-state index contributed by atoms with van der Waals surface area (Å²) in [6.07, 6.45) is 2.00. The van der Waals surface area contributed by atoms with Gasteiger partial charge in [-0.25, -0.2) is 4.79 Å². The van der Waals surface area contributed by atoms with Gasteiger partial charge in [0.2, 0.25) is 0 Å². The number of benzene rings is 2. The van der Waals surface area contributed by atoms with Gasteiger partial charge in [-0.3, -0.25) is 9.78 Å². The highest BCUT2D eigenvalue weighted by Gasteiger charge is 2.21. The normalized spacial score (nSPS) is 11.7. The lowest BCUT2D eigenvalue weighted by Gasteiger charge is -2.20. The molecule has 0 aliphatic carbocycles. The number of ether oxygens (including phenoxy) is 1. The Hall–Kier alpha value is -3.27. The van der Waals surface area contributed by atoms with Gasteiger partial charge >= 0.3 is 5.97 Å². The Bertz CT molecular complexity index is 993. The fourth-order valence-corrected chi connectivity index (χ4v) is 3.38. The first-order valence-electron chi connectivity index (χ1n) is 9.19. The van der Waals surface area contributed by atoms with Gasteiger partial charge in [-0.05, 0) is 54.8 Å². The van der Waals surface area contributed by atoms with E-state index in [1.165, 1.54) is 7.11 Å². The Kier molecular flexibility index (Phi) is 5.99. The maximum absolute atomic E-state index is 13.0. The summed E-state index contributed by atoms with van der Waals surface area (Å²) in [7, 11) is 1.36. The van der Waals surface area contributed by atoms with Crippen molar-refractivity contribution in [1.29, 1.82) is 0 Å². The van der Waals surface area contributed by atoms with Crippen molar-refractivity contribution in [1.82, 2.24) is 4.98 Å². The van der Waals surface area contributed by atoms with Crippen LogP contribution in [0.2, 0.25) is 0 Å². The number of ketones is 1. The number of pyridine rings is 1. The summed E-state index contributed by atoms with van der Waals surface area (Å²) in [6.45, 7) is 3.92. The molecule has 1 aromatic heterocycles. The molecule has 0 saturated heterocycles. The van der Waals surface area contributed by atoms with Crippen LogP contribution in [0.5, 0.6) is 0 Å². The van der Waals surface area contributed by atoms with Crippen molar-refractivity contribution in [3.63, 3.8) is 0 Å². The Morgan fingerprint density at radius 1 is 0.964 bits per heavy atom.